The van der Waals surface area contributed by atoms with E-state index in [2.05, 4.69) is 20.0 Å². The van der Waals surface area contributed by atoms with Gasteiger partial charge < -0.3 is 10.2 Å². The van der Waals surface area contributed by atoms with Crippen LogP contribution in [-0.4, -0.2) is 22.4 Å². The standard InChI is InChI=1S/2C12H10N2O.Cu/c2*15-11-6-2-1-5-10(11)9-14-12-7-3-4-8-13-12;/h2*1-9,15H;/q;;+2/p-2/b2*14-9+;. The van der Waals surface area contributed by atoms with Crippen molar-refractivity contribution in [2.45, 2.75) is 0 Å². The number of hydrogen-bond acceptors (Lipinski definition) is 6. The molecule has 0 amide bonds. The Kier molecular flexibility index (Phi) is 9.62. The molecule has 0 N–H and O–H groups in total. The molecule has 0 aliphatic carbocycles. The van der Waals surface area contributed by atoms with Crippen LogP contribution in [0.25, 0.3) is 0 Å². The van der Waals surface area contributed by atoms with E-state index in [0.717, 1.165) is 0 Å². The molecule has 4 aromatic rings. The fourth-order valence-electron chi connectivity index (χ4n) is 2.31. The summed E-state index contributed by atoms with van der Waals surface area (Å²) in [7, 11) is 0. The van der Waals surface area contributed by atoms with Crippen LogP contribution < -0.4 is 10.2 Å². The monoisotopic (exact) mass is 457 g/mol. The molecule has 4 rings (SSSR count). The maximum atomic E-state index is 11.3. The van der Waals surface area contributed by atoms with Gasteiger partial charge in [-0.1, -0.05) is 60.7 Å². The first kappa shape index (κ1) is 23.5. The van der Waals surface area contributed by atoms with Gasteiger partial charge in [-0.05, 0) is 35.4 Å². The Morgan fingerprint density at radius 1 is 0.548 bits per heavy atom. The van der Waals surface area contributed by atoms with Crippen molar-refractivity contribution in [3.05, 3.63) is 108 Å². The van der Waals surface area contributed by atoms with Gasteiger partial charge in [-0.15, -0.1) is 11.5 Å². The average molecular weight is 458 g/mol. The molecule has 0 bridgehead atoms. The van der Waals surface area contributed by atoms with Crippen LogP contribution in [0.3, 0.4) is 0 Å². The van der Waals surface area contributed by atoms with Crippen molar-refractivity contribution in [3.8, 4) is 11.5 Å². The summed E-state index contributed by atoms with van der Waals surface area (Å²) in [6.45, 7) is 0. The zero-order valence-corrected chi connectivity index (χ0v) is 17.2. The minimum absolute atomic E-state index is 0. The molecule has 0 saturated heterocycles. The smallest absolute Gasteiger partial charge is 0.872 e. The third-order valence-electron chi connectivity index (χ3n) is 3.81. The molecule has 2 aromatic carbocycles. The van der Waals surface area contributed by atoms with Crippen molar-refractivity contribution in [1.82, 2.24) is 9.97 Å². The summed E-state index contributed by atoms with van der Waals surface area (Å²) in [5, 5.41) is 22.7. The zero-order chi connectivity index (χ0) is 21.0. The number of hydrogen-bond donors (Lipinski definition) is 0. The van der Waals surface area contributed by atoms with E-state index in [1.807, 2.05) is 24.3 Å². The number of para-hydroxylation sites is 2. The topological polar surface area (TPSA) is 96.6 Å². The Balaban J connectivity index is 0.000000213. The molecule has 31 heavy (non-hydrogen) atoms. The molecule has 1 radical (unpaired) electrons. The molecule has 7 heteroatoms. The molecule has 0 fully saturated rings. The van der Waals surface area contributed by atoms with Crippen molar-refractivity contribution in [2.75, 3.05) is 0 Å². The summed E-state index contributed by atoms with van der Waals surface area (Å²) in [6.07, 6.45) is 6.39. The third kappa shape index (κ3) is 7.85. The first-order valence-corrected chi connectivity index (χ1v) is 9.14. The molecule has 0 aliphatic rings. The van der Waals surface area contributed by atoms with E-state index in [0.29, 0.717) is 22.8 Å². The van der Waals surface area contributed by atoms with Crippen LogP contribution in [0, 0.1) is 0 Å². The van der Waals surface area contributed by atoms with Gasteiger partial charge in [0.2, 0.25) is 0 Å². The molecule has 0 aliphatic heterocycles. The predicted octanol–water partition coefficient (Wildman–Crippen LogP) is 3.81. The zero-order valence-electron chi connectivity index (χ0n) is 16.3. The van der Waals surface area contributed by atoms with Crippen molar-refractivity contribution < 1.29 is 27.3 Å². The Hall–Kier alpha value is -3.80. The quantitative estimate of drug-likeness (QED) is 0.343. The third-order valence-corrected chi connectivity index (χ3v) is 3.81. The molecule has 157 valence electrons. The van der Waals surface area contributed by atoms with E-state index in [9.17, 15) is 10.2 Å². The van der Waals surface area contributed by atoms with Crippen molar-refractivity contribution >= 4 is 24.1 Å². The second-order valence-electron chi connectivity index (χ2n) is 5.97. The molecule has 0 saturated carbocycles. The summed E-state index contributed by atoms with van der Waals surface area (Å²) in [5.41, 5.74) is 1.14. The molecule has 0 unspecified atom stereocenters. The molecule has 0 spiro atoms. The fourth-order valence-corrected chi connectivity index (χ4v) is 2.31. The average Bonchev–Trinajstić information content (AvgIpc) is 2.80. The Bertz CT molecular complexity index is 1030. The van der Waals surface area contributed by atoms with Gasteiger partial charge in [0.25, 0.3) is 0 Å². The summed E-state index contributed by atoms with van der Waals surface area (Å²) >= 11 is 0. The Morgan fingerprint density at radius 3 is 1.29 bits per heavy atom. The minimum atomic E-state index is -0.0304. The van der Waals surface area contributed by atoms with Gasteiger partial charge in [-0.25, -0.2) is 20.0 Å². The normalized spacial score (nSPS) is 10.3. The molecular formula is C24H18CuN4O2. The second kappa shape index (κ2) is 12.7. The van der Waals surface area contributed by atoms with E-state index >= 15 is 0 Å². The van der Waals surface area contributed by atoms with Gasteiger partial charge in [0, 0.05) is 24.8 Å². The molecule has 0 atom stereocenters. The van der Waals surface area contributed by atoms with Crippen LogP contribution in [0.15, 0.2) is 107 Å². The van der Waals surface area contributed by atoms with Crippen LogP contribution in [0.2, 0.25) is 0 Å². The minimum Gasteiger partial charge on any atom is -0.872 e. The first-order chi connectivity index (χ1) is 14.7. The maximum Gasteiger partial charge on any atom is 2.00 e. The van der Waals surface area contributed by atoms with Crippen LogP contribution in [0.1, 0.15) is 11.1 Å². The van der Waals surface area contributed by atoms with Gasteiger partial charge in [0.15, 0.2) is 11.6 Å². The second-order valence-corrected chi connectivity index (χ2v) is 5.97. The SMILES string of the molecule is [Cu+2].[O-]c1ccccc1/C=N/c1ccccn1.[O-]c1ccccc1/C=N/c1ccccn1. The van der Waals surface area contributed by atoms with Gasteiger partial charge in [0.05, 0.1) is 0 Å². The first-order valence-electron chi connectivity index (χ1n) is 9.14. The summed E-state index contributed by atoms with van der Waals surface area (Å²) in [4.78, 5) is 16.2. The number of aliphatic imine (C=N–C) groups is 2. The van der Waals surface area contributed by atoms with Gasteiger partial charge in [-0.3, -0.25) is 0 Å². The Morgan fingerprint density at radius 2 is 0.935 bits per heavy atom. The van der Waals surface area contributed by atoms with E-state index in [1.165, 1.54) is 24.6 Å². The number of rotatable bonds is 4. The van der Waals surface area contributed by atoms with Crippen LogP contribution in [0.5, 0.6) is 11.5 Å². The van der Waals surface area contributed by atoms with Crippen LogP contribution in [0.4, 0.5) is 11.6 Å². The molecule has 6 nitrogen and oxygen atoms in total. The van der Waals surface area contributed by atoms with Crippen molar-refractivity contribution in [1.29, 1.82) is 0 Å². The summed E-state index contributed by atoms with van der Waals surface area (Å²) in [5.74, 6) is 1.14. The number of nitrogens with zero attached hydrogens (tertiary/aromatic N) is 4. The Labute approximate surface area is 191 Å². The summed E-state index contributed by atoms with van der Waals surface area (Å²) in [6, 6.07) is 24.4. The maximum absolute atomic E-state index is 11.3. The number of pyridine rings is 2. The largest absolute Gasteiger partial charge is 2.00 e. The van der Waals surface area contributed by atoms with Gasteiger partial charge in [-0.2, -0.15) is 0 Å². The van der Waals surface area contributed by atoms with E-state index in [1.54, 1.807) is 60.9 Å². The van der Waals surface area contributed by atoms with Crippen LogP contribution >= 0.6 is 0 Å². The van der Waals surface area contributed by atoms with E-state index in [-0.39, 0.29) is 28.6 Å². The van der Waals surface area contributed by atoms with Crippen LogP contribution in [-0.2, 0) is 17.1 Å². The molecular weight excluding hydrogens is 440 g/mol. The number of aromatic nitrogens is 2. The van der Waals surface area contributed by atoms with Crippen molar-refractivity contribution in [2.24, 2.45) is 9.98 Å². The number of benzene rings is 2. The molecule has 2 heterocycles. The summed E-state index contributed by atoms with van der Waals surface area (Å²) < 4.78 is 0. The van der Waals surface area contributed by atoms with E-state index in [4.69, 9.17) is 0 Å². The molecule has 2 aromatic heterocycles. The van der Waals surface area contributed by atoms with Crippen molar-refractivity contribution in [3.63, 3.8) is 0 Å². The van der Waals surface area contributed by atoms with Gasteiger partial charge >= 0.3 is 17.1 Å². The van der Waals surface area contributed by atoms with Gasteiger partial charge in [0.1, 0.15) is 0 Å². The fraction of sp³-hybridized carbons (Fsp3) is 0. The van der Waals surface area contributed by atoms with E-state index < -0.39 is 0 Å². The predicted molar refractivity (Wildman–Crippen MR) is 115 cm³/mol.